The van der Waals surface area contributed by atoms with Gasteiger partial charge in [-0.25, -0.2) is 15.0 Å². The van der Waals surface area contributed by atoms with Crippen molar-refractivity contribution in [3.05, 3.63) is 49.1 Å². The van der Waals surface area contributed by atoms with Crippen LogP contribution in [0.4, 0.5) is 11.5 Å². The molecule has 4 rings (SSSR count). The van der Waals surface area contributed by atoms with Gasteiger partial charge in [-0.1, -0.05) is 0 Å². The Kier molecular flexibility index (Phi) is 4.35. The maximum Gasteiger partial charge on any atom is 0.227 e. The van der Waals surface area contributed by atoms with E-state index < -0.39 is 0 Å². The van der Waals surface area contributed by atoms with Crippen LogP contribution in [0.15, 0.2) is 49.1 Å². The van der Waals surface area contributed by atoms with Crippen LogP contribution >= 0.6 is 0 Å². The lowest BCUT2D eigenvalue weighted by Gasteiger charge is -2.32. The van der Waals surface area contributed by atoms with Crippen molar-refractivity contribution in [1.82, 2.24) is 15.0 Å². The summed E-state index contributed by atoms with van der Waals surface area (Å²) in [6, 6.07) is 8.39. The molecule has 1 aliphatic heterocycles. The molecule has 26 heavy (non-hydrogen) atoms. The first-order chi connectivity index (χ1) is 12.7. The lowest BCUT2D eigenvalue weighted by molar-refractivity contribution is -0.120. The standard InChI is InChI=1S/C19H19N5O2/c25-15-3-1-14(2-4-15)23-19(26)13-6-9-24(10-7-13)18-16-11-20-12-22-17(16)5-8-21-18/h1-5,8,11-13,25H,6-7,9-10H2,(H,23,26). The number of rotatable bonds is 3. The first-order valence-electron chi connectivity index (χ1n) is 8.60. The van der Waals surface area contributed by atoms with Crippen molar-refractivity contribution in [2.24, 2.45) is 5.92 Å². The third kappa shape index (κ3) is 3.28. The second kappa shape index (κ2) is 6.95. The number of hydrogen-bond donors (Lipinski definition) is 2. The average Bonchev–Trinajstić information content (AvgIpc) is 2.69. The predicted molar refractivity (Wildman–Crippen MR) is 99.0 cm³/mol. The molecule has 0 bridgehead atoms. The molecule has 1 amide bonds. The van der Waals surface area contributed by atoms with Crippen LogP contribution in [0.2, 0.25) is 0 Å². The largest absolute Gasteiger partial charge is 0.508 e. The van der Waals surface area contributed by atoms with Gasteiger partial charge in [-0.3, -0.25) is 4.79 Å². The van der Waals surface area contributed by atoms with Gasteiger partial charge in [-0.15, -0.1) is 0 Å². The topological polar surface area (TPSA) is 91.2 Å². The molecule has 1 aromatic carbocycles. The van der Waals surface area contributed by atoms with E-state index in [-0.39, 0.29) is 17.6 Å². The molecule has 0 saturated carbocycles. The molecule has 3 heterocycles. The SMILES string of the molecule is O=C(Nc1ccc(O)cc1)C1CCN(c2nccc3ncncc23)CC1. The Labute approximate surface area is 150 Å². The maximum absolute atomic E-state index is 12.5. The minimum atomic E-state index is -0.0359. The van der Waals surface area contributed by atoms with Crippen molar-refractivity contribution in [3.8, 4) is 5.75 Å². The van der Waals surface area contributed by atoms with Crippen LogP contribution in [0.25, 0.3) is 10.9 Å². The number of nitrogens with zero attached hydrogens (tertiary/aromatic N) is 4. The van der Waals surface area contributed by atoms with E-state index >= 15 is 0 Å². The fourth-order valence-electron chi connectivity index (χ4n) is 3.29. The second-order valence-electron chi connectivity index (χ2n) is 6.39. The van der Waals surface area contributed by atoms with E-state index in [9.17, 15) is 9.90 Å². The Balaban J connectivity index is 1.42. The summed E-state index contributed by atoms with van der Waals surface area (Å²) in [4.78, 5) is 27.5. The lowest BCUT2D eigenvalue weighted by atomic mass is 9.95. The molecular formula is C19H19N5O2. The summed E-state index contributed by atoms with van der Waals surface area (Å²) in [6.07, 6.45) is 6.60. The molecule has 0 atom stereocenters. The molecule has 1 saturated heterocycles. The van der Waals surface area contributed by atoms with Crippen molar-refractivity contribution < 1.29 is 9.90 Å². The Morgan fingerprint density at radius 1 is 1.12 bits per heavy atom. The summed E-state index contributed by atoms with van der Waals surface area (Å²) in [5.41, 5.74) is 1.57. The van der Waals surface area contributed by atoms with E-state index in [0.717, 1.165) is 42.7 Å². The quantitative estimate of drug-likeness (QED) is 0.706. The minimum absolute atomic E-state index is 0.0181. The monoisotopic (exact) mass is 349 g/mol. The van der Waals surface area contributed by atoms with E-state index in [4.69, 9.17) is 0 Å². The van der Waals surface area contributed by atoms with Gasteiger partial charge in [0.2, 0.25) is 5.91 Å². The summed E-state index contributed by atoms with van der Waals surface area (Å²) in [7, 11) is 0. The molecule has 2 N–H and O–H groups in total. The van der Waals surface area contributed by atoms with Gasteiger partial charge in [0, 0.05) is 37.1 Å². The molecule has 1 aliphatic rings. The van der Waals surface area contributed by atoms with E-state index in [1.807, 2.05) is 6.07 Å². The normalized spacial score (nSPS) is 15.2. The third-order valence-corrected chi connectivity index (χ3v) is 4.71. The highest BCUT2D eigenvalue weighted by molar-refractivity contribution is 5.93. The Morgan fingerprint density at radius 2 is 1.88 bits per heavy atom. The van der Waals surface area contributed by atoms with E-state index in [1.165, 1.54) is 6.33 Å². The number of aromatic nitrogens is 3. The smallest absolute Gasteiger partial charge is 0.227 e. The number of carbonyl (C=O) groups is 1. The zero-order valence-electron chi connectivity index (χ0n) is 14.2. The lowest BCUT2D eigenvalue weighted by Crippen LogP contribution is -2.38. The number of fused-ring (bicyclic) bond motifs is 1. The summed E-state index contributed by atoms with van der Waals surface area (Å²) in [5.74, 6) is 1.04. The van der Waals surface area contributed by atoms with Crippen molar-refractivity contribution in [2.75, 3.05) is 23.3 Å². The Bertz CT molecular complexity index is 915. The molecule has 1 fully saturated rings. The van der Waals surface area contributed by atoms with Gasteiger partial charge in [0.25, 0.3) is 0 Å². The molecule has 0 radical (unpaired) electrons. The highest BCUT2D eigenvalue weighted by atomic mass is 16.3. The number of pyridine rings is 1. The van der Waals surface area contributed by atoms with Gasteiger partial charge in [0.15, 0.2) is 0 Å². The van der Waals surface area contributed by atoms with Crippen molar-refractivity contribution in [1.29, 1.82) is 0 Å². The van der Waals surface area contributed by atoms with Crippen LogP contribution in [-0.2, 0) is 4.79 Å². The van der Waals surface area contributed by atoms with E-state index in [0.29, 0.717) is 5.69 Å². The highest BCUT2D eigenvalue weighted by Crippen LogP contribution is 2.27. The number of hydrogen-bond acceptors (Lipinski definition) is 6. The number of benzene rings is 1. The van der Waals surface area contributed by atoms with Gasteiger partial charge in [-0.05, 0) is 43.2 Å². The van der Waals surface area contributed by atoms with Crippen LogP contribution in [-0.4, -0.2) is 39.1 Å². The number of phenolic OH excluding ortho intramolecular Hbond substituents is 1. The van der Waals surface area contributed by atoms with Crippen molar-refractivity contribution in [2.45, 2.75) is 12.8 Å². The third-order valence-electron chi connectivity index (χ3n) is 4.71. The number of phenols is 1. The van der Waals surface area contributed by atoms with E-state index in [1.54, 1.807) is 36.7 Å². The molecular weight excluding hydrogens is 330 g/mol. The predicted octanol–water partition coefficient (Wildman–Crippen LogP) is 2.59. The molecule has 132 valence electrons. The maximum atomic E-state index is 12.5. The summed E-state index contributed by atoms with van der Waals surface area (Å²) >= 11 is 0. The van der Waals surface area contributed by atoms with Crippen molar-refractivity contribution in [3.63, 3.8) is 0 Å². The number of amides is 1. The van der Waals surface area contributed by atoms with Crippen LogP contribution in [0.1, 0.15) is 12.8 Å². The fourth-order valence-corrected chi connectivity index (χ4v) is 3.29. The zero-order chi connectivity index (χ0) is 17.9. The van der Waals surface area contributed by atoms with Gasteiger partial charge < -0.3 is 15.3 Å². The van der Waals surface area contributed by atoms with Crippen LogP contribution in [0.5, 0.6) is 5.75 Å². The first kappa shape index (κ1) is 16.3. The molecule has 7 nitrogen and oxygen atoms in total. The molecule has 3 aromatic rings. The zero-order valence-corrected chi connectivity index (χ0v) is 14.2. The van der Waals surface area contributed by atoms with Gasteiger partial charge in [-0.2, -0.15) is 0 Å². The van der Waals surface area contributed by atoms with Crippen LogP contribution < -0.4 is 10.2 Å². The minimum Gasteiger partial charge on any atom is -0.508 e. The number of piperidine rings is 1. The number of aromatic hydroxyl groups is 1. The first-order valence-corrected chi connectivity index (χ1v) is 8.60. The molecule has 0 unspecified atom stereocenters. The Hall–Kier alpha value is -3.22. The van der Waals surface area contributed by atoms with Crippen LogP contribution in [0.3, 0.4) is 0 Å². The number of nitrogens with one attached hydrogen (secondary N) is 1. The summed E-state index contributed by atoms with van der Waals surface area (Å²) in [5, 5.41) is 13.2. The van der Waals surface area contributed by atoms with E-state index in [2.05, 4.69) is 25.2 Å². The Morgan fingerprint density at radius 3 is 2.65 bits per heavy atom. The highest BCUT2D eigenvalue weighted by Gasteiger charge is 2.26. The van der Waals surface area contributed by atoms with Gasteiger partial charge >= 0.3 is 0 Å². The molecule has 0 spiro atoms. The van der Waals surface area contributed by atoms with Crippen LogP contribution in [0, 0.1) is 5.92 Å². The fraction of sp³-hybridized carbons (Fsp3) is 0.263. The van der Waals surface area contributed by atoms with Gasteiger partial charge in [0.1, 0.15) is 17.9 Å². The molecule has 2 aromatic heterocycles. The second-order valence-corrected chi connectivity index (χ2v) is 6.39. The molecule has 7 heteroatoms. The summed E-state index contributed by atoms with van der Waals surface area (Å²) < 4.78 is 0. The van der Waals surface area contributed by atoms with Crippen molar-refractivity contribution >= 4 is 28.3 Å². The number of anilines is 2. The summed E-state index contributed by atoms with van der Waals surface area (Å²) in [6.45, 7) is 1.52. The van der Waals surface area contributed by atoms with Gasteiger partial charge in [0.05, 0.1) is 10.9 Å². The molecule has 0 aliphatic carbocycles. The average molecular weight is 349 g/mol. The number of carbonyl (C=O) groups excluding carboxylic acids is 1.